The molecule has 3 aromatic rings. The molecular weight excluding hydrogens is 431 g/mol. The minimum absolute atomic E-state index is 0. The number of hydrogen-bond acceptors (Lipinski definition) is 4. The zero-order valence-electron chi connectivity index (χ0n) is 16.5. The predicted octanol–water partition coefficient (Wildman–Crippen LogP) is 5.95. The van der Waals surface area contributed by atoms with Crippen molar-refractivity contribution in [2.24, 2.45) is 5.84 Å². The quantitative estimate of drug-likeness (QED) is 0.284. The van der Waals surface area contributed by atoms with Gasteiger partial charge in [-0.05, 0) is 66.9 Å². The third-order valence-electron chi connectivity index (χ3n) is 3.41. The van der Waals surface area contributed by atoms with E-state index >= 15 is 0 Å². The zero-order chi connectivity index (χ0) is 21.2. The number of carbonyl (C=O) groups excluding carboxylic acids is 2. The molecule has 7 heteroatoms. The van der Waals surface area contributed by atoms with E-state index in [0.717, 1.165) is 10.8 Å². The number of nitrogens with one attached hydrogen (secondary N) is 1. The van der Waals surface area contributed by atoms with Gasteiger partial charge < -0.3 is 0 Å². The van der Waals surface area contributed by atoms with E-state index in [1.54, 1.807) is 36.4 Å². The van der Waals surface area contributed by atoms with Gasteiger partial charge in [0.1, 0.15) is 0 Å². The molecule has 0 saturated carbocycles. The molecule has 3 N–H and O–H groups in total. The average Bonchev–Trinajstić information content (AvgIpc) is 2.68. The van der Waals surface area contributed by atoms with Crippen LogP contribution in [0.4, 0.5) is 0 Å². The van der Waals surface area contributed by atoms with Gasteiger partial charge in [-0.15, -0.1) is 12.4 Å². The van der Waals surface area contributed by atoms with Gasteiger partial charge in [-0.3, -0.25) is 20.9 Å². The van der Waals surface area contributed by atoms with E-state index in [-0.39, 0.29) is 17.9 Å². The van der Waals surface area contributed by atoms with Gasteiger partial charge in [-0.2, -0.15) is 0 Å². The van der Waals surface area contributed by atoms with Crippen LogP contribution in [0.3, 0.4) is 0 Å². The summed E-state index contributed by atoms with van der Waals surface area (Å²) >= 11 is 10.5. The molecule has 0 saturated heterocycles. The molecule has 4 nitrogen and oxygen atoms in total. The van der Waals surface area contributed by atoms with Crippen LogP contribution in [0.5, 0.6) is 0 Å². The van der Waals surface area contributed by atoms with E-state index in [1.807, 2.05) is 57.2 Å². The van der Waals surface area contributed by atoms with Crippen LogP contribution < -0.4 is 11.3 Å². The van der Waals surface area contributed by atoms with Crippen molar-refractivity contribution in [1.29, 1.82) is 0 Å². The maximum atomic E-state index is 10.9. The van der Waals surface area contributed by atoms with Crippen LogP contribution in [-0.4, -0.2) is 16.0 Å². The van der Waals surface area contributed by atoms with Gasteiger partial charge >= 0.3 is 0 Å². The first-order chi connectivity index (χ1) is 13.1. The van der Waals surface area contributed by atoms with Crippen molar-refractivity contribution >= 4 is 56.9 Å². The number of hydrazine groups is 1. The molecule has 0 bridgehead atoms. The third kappa shape index (κ3) is 11.0. The Morgan fingerprint density at radius 1 is 0.759 bits per heavy atom. The van der Waals surface area contributed by atoms with Crippen LogP contribution in [-0.2, 0) is 0 Å². The Bertz CT molecular complexity index is 911. The van der Waals surface area contributed by atoms with E-state index in [1.165, 1.54) is 0 Å². The van der Waals surface area contributed by atoms with Gasteiger partial charge in [0, 0.05) is 16.7 Å². The summed E-state index contributed by atoms with van der Waals surface area (Å²) < 4.78 is 0. The van der Waals surface area contributed by atoms with Gasteiger partial charge in [-0.25, -0.2) is 0 Å². The molecule has 3 aromatic carbocycles. The van der Waals surface area contributed by atoms with Crippen LogP contribution in [0.25, 0.3) is 10.8 Å². The Labute approximate surface area is 187 Å². The lowest BCUT2D eigenvalue weighted by Crippen LogP contribution is -2.41. The minimum Gasteiger partial charge on any atom is -0.276 e. The molecule has 0 aliphatic carbocycles. The number of carbonyl (C=O) groups is 2. The number of benzene rings is 3. The molecule has 0 amide bonds. The molecule has 0 heterocycles. The lowest BCUT2D eigenvalue weighted by atomic mass is 10.1. The first-order valence-corrected chi connectivity index (χ1v) is 9.31. The van der Waals surface area contributed by atoms with Crippen molar-refractivity contribution in [3.8, 4) is 0 Å². The van der Waals surface area contributed by atoms with Crippen molar-refractivity contribution in [1.82, 2.24) is 5.43 Å². The fourth-order valence-corrected chi connectivity index (χ4v) is 2.12. The second-order valence-electron chi connectivity index (χ2n) is 6.87. The molecule has 0 aliphatic heterocycles. The fraction of sp³-hybridized carbons (Fsp3) is 0.182. The molecule has 3 rings (SSSR count). The number of nitrogens with two attached hydrogens (primary N) is 1. The summed E-state index contributed by atoms with van der Waals surface area (Å²) in [5.41, 5.74) is 3.76. The first kappa shape index (κ1) is 27.0. The first-order valence-electron chi connectivity index (χ1n) is 8.55. The van der Waals surface area contributed by atoms with Crippen LogP contribution in [0.1, 0.15) is 41.5 Å². The van der Waals surface area contributed by atoms with Crippen molar-refractivity contribution in [3.05, 3.63) is 83.9 Å². The van der Waals surface area contributed by atoms with Crippen molar-refractivity contribution in [2.75, 3.05) is 0 Å². The smallest absolute Gasteiger partial charge is 0.252 e. The second kappa shape index (κ2) is 13.3. The van der Waals surface area contributed by atoms with Crippen LogP contribution in [0.2, 0.25) is 0 Å². The Morgan fingerprint density at radius 3 is 1.62 bits per heavy atom. The zero-order valence-corrected chi connectivity index (χ0v) is 18.8. The highest BCUT2D eigenvalue weighted by Crippen LogP contribution is 2.16. The fourth-order valence-electron chi connectivity index (χ4n) is 1.88. The lowest BCUT2D eigenvalue weighted by molar-refractivity contribution is 0.107. The number of hydrogen-bond donors (Lipinski definition) is 2. The monoisotopic (exact) mass is 454 g/mol. The maximum absolute atomic E-state index is 10.9. The van der Waals surface area contributed by atoms with E-state index < -0.39 is 10.5 Å². The van der Waals surface area contributed by atoms with Crippen molar-refractivity contribution < 1.29 is 9.59 Å². The summed E-state index contributed by atoms with van der Waals surface area (Å²) in [4.78, 5) is 21.3. The van der Waals surface area contributed by atoms with Crippen LogP contribution in [0, 0.1) is 0 Å². The number of halogens is 3. The largest absolute Gasteiger partial charge is 0.276 e. The van der Waals surface area contributed by atoms with Gasteiger partial charge in [-0.1, -0.05) is 60.7 Å². The van der Waals surface area contributed by atoms with Gasteiger partial charge in [0.25, 0.3) is 10.5 Å². The van der Waals surface area contributed by atoms with Crippen LogP contribution in [0.15, 0.2) is 72.8 Å². The SMILES string of the molecule is CC(C)(C)NN.Cl.O=C(Cl)c1ccc2ccccc2c1.O=C(Cl)c1ccccc1. The summed E-state index contributed by atoms with van der Waals surface area (Å²) in [5.74, 6) is 5.06. The molecule has 0 spiro atoms. The molecule has 0 atom stereocenters. The summed E-state index contributed by atoms with van der Waals surface area (Å²) in [6.45, 7) is 6.02. The lowest BCUT2D eigenvalue weighted by Gasteiger charge is -2.14. The van der Waals surface area contributed by atoms with E-state index in [4.69, 9.17) is 29.0 Å². The second-order valence-corrected chi connectivity index (χ2v) is 7.56. The average molecular weight is 456 g/mol. The molecular formula is C22H25Cl3N2O2. The molecule has 0 radical (unpaired) electrons. The Hall–Kier alpha value is -1.95. The molecule has 0 aliphatic rings. The standard InChI is InChI=1S/C11H7ClO.C7H5ClO.C4H12N2.ClH/c12-11(13)10-6-5-8-3-1-2-4-9(8)7-10;8-7(9)6-4-2-1-3-5-6;1-4(2,3)6-5;/h1-7H;1-5H;6H,5H2,1-3H3;1H. The van der Waals surface area contributed by atoms with E-state index in [9.17, 15) is 9.59 Å². The summed E-state index contributed by atoms with van der Waals surface area (Å²) in [5, 5.41) is 1.33. The molecule has 0 unspecified atom stereocenters. The normalized spacial score (nSPS) is 9.86. The molecule has 0 aromatic heterocycles. The Balaban J connectivity index is 0.000000432. The van der Waals surface area contributed by atoms with Gasteiger partial charge in [0.2, 0.25) is 0 Å². The molecule has 0 fully saturated rings. The highest BCUT2D eigenvalue weighted by molar-refractivity contribution is 6.68. The highest BCUT2D eigenvalue weighted by Gasteiger charge is 2.03. The van der Waals surface area contributed by atoms with Crippen LogP contribution >= 0.6 is 35.6 Å². The maximum Gasteiger partial charge on any atom is 0.252 e. The summed E-state index contributed by atoms with van der Waals surface area (Å²) in [6, 6.07) is 22.0. The Morgan fingerprint density at radius 2 is 1.21 bits per heavy atom. The highest BCUT2D eigenvalue weighted by atomic mass is 35.5. The minimum atomic E-state index is -0.411. The topological polar surface area (TPSA) is 72.2 Å². The van der Waals surface area contributed by atoms with Gasteiger partial charge in [0.05, 0.1) is 0 Å². The number of rotatable bonds is 2. The van der Waals surface area contributed by atoms with E-state index in [0.29, 0.717) is 11.1 Å². The van der Waals surface area contributed by atoms with Crippen molar-refractivity contribution in [3.63, 3.8) is 0 Å². The molecule has 156 valence electrons. The van der Waals surface area contributed by atoms with Gasteiger partial charge in [0.15, 0.2) is 0 Å². The number of fused-ring (bicyclic) bond motifs is 1. The van der Waals surface area contributed by atoms with E-state index in [2.05, 4.69) is 5.43 Å². The third-order valence-corrected chi connectivity index (χ3v) is 3.85. The summed E-state index contributed by atoms with van der Waals surface area (Å²) in [6.07, 6.45) is 0. The Kier molecular flexibility index (Phi) is 12.4. The molecule has 29 heavy (non-hydrogen) atoms. The summed E-state index contributed by atoms with van der Waals surface area (Å²) in [7, 11) is 0. The van der Waals surface area contributed by atoms with Crippen molar-refractivity contribution in [2.45, 2.75) is 26.3 Å². The predicted molar refractivity (Wildman–Crippen MR) is 125 cm³/mol.